The van der Waals surface area contributed by atoms with Gasteiger partial charge in [-0.3, -0.25) is 4.79 Å². The third-order valence-corrected chi connectivity index (χ3v) is 4.55. The highest BCUT2D eigenvalue weighted by atomic mass is 79.9. The molecule has 0 saturated carbocycles. The Balaban J connectivity index is 1.63. The molecule has 0 unspecified atom stereocenters. The summed E-state index contributed by atoms with van der Waals surface area (Å²) in [5.41, 5.74) is 5.20. The van der Waals surface area contributed by atoms with Gasteiger partial charge in [0.05, 0.1) is 11.8 Å². The Bertz CT molecular complexity index is 1030. The maximum atomic E-state index is 12.3. The number of esters is 1. The molecular weight excluding hydrogens is 420 g/mol. The molecule has 5 nitrogen and oxygen atoms in total. The Labute approximate surface area is 171 Å². The van der Waals surface area contributed by atoms with Crippen LogP contribution in [0.25, 0.3) is 0 Å². The number of rotatable bonds is 5. The molecule has 0 aliphatic heterocycles. The molecule has 1 amide bonds. The molecule has 6 heteroatoms. The number of halogens is 1. The van der Waals surface area contributed by atoms with Gasteiger partial charge in [0.25, 0.3) is 5.91 Å². The smallest absolute Gasteiger partial charge is 0.344 e. The lowest BCUT2D eigenvalue weighted by molar-refractivity contribution is 0.0733. The van der Waals surface area contributed by atoms with E-state index in [1.54, 1.807) is 54.6 Å². The summed E-state index contributed by atoms with van der Waals surface area (Å²) in [6, 6.07) is 21.1. The molecule has 0 radical (unpaired) electrons. The number of nitrogens with zero attached hydrogens (tertiary/aromatic N) is 1. The number of hydrogen-bond donors (Lipinski definition) is 1. The number of aryl methyl sites for hydroxylation is 1. The van der Waals surface area contributed by atoms with Crippen molar-refractivity contribution in [2.75, 3.05) is 0 Å². The molecule has 1 N–H and O–H groups in total. The lowest BCUT2D eigenvalue weighted by atomic mass is 10.1. The minimum Gasteiger partial charge on any atom is -0.423 e. The van der Waals surface area contributed by atoms with E-state index in [-0.39, 0.29) is 5.91 Å². The van der Waals surface area contributed by atoms with Crippen molar-refractivity contribution >= 4 is 34.0 Å². The topological polar surface area (TPSA) is 67.8 Å². The molecule has 3 aromatic rings. The number of carbonyl (C=O) groups is 2. The Morgan fingerprint density at radius 1 is 1.00 bits per heavy atom. The first-order chi connectivity index (χ1) is 13.5. The van der Waals surface area contributed by atoms with Crippen molar-refractivity contribution in [1.29, 1.82) is 0 Å². The summed E-state index contributed by atoms with van der Waals surface area (Å²) in [5, 5.41) is 3.96. The van der Waals surface area contributed by atoms with Gasteiger partial charge in [-0.15, -0.1) is 0 Å². The van der Waals surface area contributed by atoms with Gasteiger partial charge in [0.2, 0.25) is 0 Å². The van der Waals surface area contributed by atoms with Crippen molar-refractivity contribution in [2.24, 2.45) is 5.10 Å². The van der Waals surface area contributed by atoms with Gasteiger partial charge < -0.3 is 4.74 Å². The first-order valence-corrected chi connectivity index (χ1v) is 9.29. The number of hydrogen-bond acceptors (Lipinski definition) is 4. The van der Waals surface area contributed by atoms with Gasteiger partial charge >= 0.3 is 5.97 Å². The summed E-state index contributed by atoms with van der Waals surface area (Å²) in [7, 11) is 0. The minimum atomic E-state index is -0.464. The summed E-state index contributed by atoms with van der Waals surface area (Å²) in [5.74, 6) is -0.378. The van der Waals surface area contributed by atoms with Crippen LogP contribution in [0, 0.1) is 6.92 Å². The van der Waals surface area contributed by atoms with Crippen molar-refractivity contribution < 1.29 is 14.3 Å². The minimum absolute atomic E-state index is 0.298. The highest BCUT2D eigenvalue weighted by molar-refractivity contribution is 9.10. The molecule has 0 bridgehead atoms. The average molecular weight is 437 g/mol. The van der Waals surface area contributed by atoms with Gasteiger partial charge in [0.15, 0.2) is 0 Å². The molecule has 0 saturated heterocycles. The van der Waals surface area contributed by atoms with Crippen molar-refractivity contribution in [2.45, 2.75) is 6.92 Å². The van der Waals surface area contributed by atoms with Crippen LogP contribution >= 0.6 is 15.9 Å². The lowest BCUT2D eigenvalue weighted by Crippen LogP contribution is -2.17. The van der Waals surface area contributed by atoms with E-state index < -0.39 is 5.97 Å². The summed E-state index contributed by atoms with van der Waals surface area (Å²) >= 11 is 3.33. The molecule has 0 aromatic heterocycles. The molecule has 140 valence electrons. The predicted octanol–water partition coefficient (Wildman–Crippen LogP) is 4.74. The van der Waals surface area contributed by atoms with Gasteiger partial charge in [-0.1, -0.05) is 42.0 Å². The summed E-state index contributed by atoms with van der Waals surface area (Å²) in [6.07, 6.45) is 1.49. The third kappa shape index (κ3) is 5.14. The lowest BCUT2D eigenvalue weighted by Gasteiger charge is -2.06. The van der Waals surface area contributed by atoms with Crippen molar-refractivity contribution in [3.05, 3.63) is 99.5 Å². The molecule has 0 fully saturated rings. The monoisotopic (exact) mass is 436 g/mol. The van der Waals surface area contributed by atoms with Crippen LogP contribution in [-0.2, 0) is 0 Å². The third-order valence-electron chi connectivity index (χ3n) is 3.86. The van der Waals surface area contributed by atoms with E-state index in [2.05, 4.69) is 26.5 Å². The zero-order valence-electron chi connectivity index (χ0n) is 15.1. The van der Waals surface area contributed by atoms with Crippen LogP contribution in [0.5, 0.6) is 5.75 Å². The van der Waals surface area contributed by atoms with E-state index in [1.165, 1.54) is 6.21 Å². The molecule has 0 heterocycles. The van der Waals surface area contributed by atoms with Gasteiger partial charge in [0.1, 0.15) is 5.75 Å². The van der Waals surface area contributed by atoms with Crippen molar-refractivity contribution in [3.63, 3.8) is 0 Å². The zero-order chi connectivity index (χ0) is 19.9. The Morgan fingerprint density at radius 3 is 2.50 bits per heavy atom. The number of ether oxygens (including phenoxy) is 1. The SMILES string of the molecule is Cc1ccc(C(=O)NN=Cc2cccc(OC(=O)c3ccccc3Br)c2)cc1. The number of carbonyl (C=O) groups excluding carboxylic acids is 2. The fraction of sp³-hybridized carbons (Fsp3) is 0.0455. The number of nitrogens with one attached hydrogen (secondary N) is 1. The first-order valence-electron chi connectivity index (χ1n) is 8.50. The van der Waals surface area contributed by atoms with Crippen molar-refractivity contribution in [3.8, 4) is 5.75 Å². The zero-order valence-corrected chi connectivity index (χ0v) is 16.6. The highest BCUT2D eigenvalue weighted by Crippen LogP contribution is 2.19. The molecule has 3 aromatic carbocycles. The van der Waals surface area contributed by atoms with Crippen LogP contribution < -0.4 is 10.2 Å². The summed E-state index contributed by atoms with van der Waals surface area (Å²) < 4.78 is 6.08. The second-order valence-corrected chi connectivity index (χ2v) is 6.86. The second-order valence-electron chi connectivity index (χ2n) is 6.01. The molecule has 28 heavy (non-hydrogen) atoms. The maximum absolute atomic E-state index is 12.3. The van der Waals surface area contributed by atoms with Crippen molar-refractivity contribution in [1.82, 2.24) is 5.43 Å². The number of hydrazone groups is 1. The van der Waals surface area contributed by atoms with Crippen LogP contribution in [0.2, 0.25) is 0 Å². The van der Waals surface area contributed by atoms with Gasteiger partial charge in [-0.05, 0) is 64.8 Å². The van der Waals surface area contributed by atoms with E-state index in [9.17, 15) is 9.59 Å². The Kier molecular flexibility index (Phi) is 6.34. The van der Waals surface area contributed by atoms with Gasteiger partial charge in [0, 0.05) is 10.0 Å². The van der Waals surface area contributed by atoms with Gasteiger partial charge in [-0.25, -0.2) is 10.2 Å². The van der Waals surface area contributed by atoms with E-state index in [0.717, 1.165) is 5.56 Å². The summed E-state index contributed by atoms with van der Waals surface area (Å²) in [4.78, 5) is 24.3. The molecule has 0 spiro atoms. The Morgan fingerprint density at radius 2 is 1.75 bits per heavy atom. The van der Waals surface area contributed by atoms with Crippen LogP contribution in [0.3, 0.4) is 0 Å². The molecule has 0 aliphatic rings. The number of amides is 1. The average Bonchev–Trinajstić information content (AvgIpc) is 2.69. The molecular formula is C22H17BrN2O3. The van der Waals surface area contributed by atoms with Crippen LogP contribution in [0.1, 0.15) is 31.8 Å². The normalized spacial score (nSPS) is 10.6. The Hall–Kier alpha value is -3.25. The largest absolute Gasteiger partial charge is 0.423 e. The summed E-state index contributed by atoms with van der Waals surface area (Å²) in [6.45, 7) is 1.95. The number of benzene rings is 3. The van der Waals surface area contributed by atoms with Gasteiger partial charge in [-0.2, -0.15) is 5.10 Å². The molecule has 0 aliphatic carbocycles. The van der Waals surface area contributed by atoms with Crippen LogP contribution in [0.15, 0.2) is 82.4 Å². The van der Waals surface area contributed by atoms with E-state index in [4.69, 9.17) is 4.74 Å². The fourth-order valence-corrected chi connectivity index (χ4v) is 2.83. The van der Waals surface area contributed by atoms with E-state index >= 15 is 0 Å². The fourth-order valence-electron chi connectivity index (χ4n) is 2.38. The second kappa shape index (κ2) is 9.10. The van der Waals surface area contributed by atoms with E-state index in [1.807, 2.05) is 25.1 Å². The molecule has 0 atom stereocenters. The van der Waals surface area contributed by atoms with Crippen LogP contribution in [0.4, 0.5) is 0 Å². The quantitative estimate of drug-likeness (QED) is 0.271. The standard InChI is InChI=1S/C22H17BrN2O3/c1-15-9-11-17(12-10-15)21(26)25-24-14-16-5-4-6-18(13-16)28-22(27)19-7-2-3-8-20(19)23/h2-14H,1H3,(H,25,26). The first kappa shape index (κ1) is 19.5. The predicted molar refractivity (Wildman–Crippen MR) is 112 cm³/mol. The molecule has 3 rings (SSSR count). The maximum Gasteiger partial charge on any atom is 0.344 e. The van der Waals surface area contributed by atoms with Crippen LogP contribution in [-0.4, -0.2) is 18.1 Å². The highest BCUT2D eigenvalue weighted by Gasteiger charge is 2.12. The van der Waals surface area contributed by atoms with E-state index in [0.29, 0.717) is 26.9 Å².